The number of fused-ring (bicyclic) bond motifs is 2. The standard InChI is InChI=1S/C22H24N6O4/c1-12-4-6-16-20(24-12)27-18(26-16)11-28(2)22(31)13-5-7-15-14(8-13)10-23-21(30)17(25-15)9-19(29)32-3/h4-8,17,25H,9-11H2,1-3H3,(H,23,30)(H,24,26,27)/t17-/m0/s1. The molecule has 0 bridgehead atoms. The summed E-state index contributed by atoms with van der Waals surface area (Å²) in [7, 11) is 2.98. The van der Waals surface area contributed by atoms with Crippen LogP contribution in [0.2, 0.25) is 0 Å². The van der Waals surface area contributed by atoms with E-state index in [0.717, 1.165) is 16.8 Å². The number of rotatable bonds is 5. The van der Waals surface area contributed by atoms with Crippen LogP contribution in [0.25, 0.3) is 11.2 Å². The predicted molar refractivity (Wildman–Crippen MR) is 117 cm³/mol. The summed E-state index contributed by atoms with van der Waals surface area (Å²) in [6.07, 6.45) is -0.0862. The van der Waals surface area contributed by atoms with Crippen LogP contribution in [0.5, 0.6) is 0 Å². The third-order valence-electron chi connectivity index (χ3n) is 5.32. The molecule has 0 unspecified atom stereocenters. The van der Waals surface area contributed by atoms with Gasteiger partial charge in [-0.05, 0) is 42.8 Å². The van der Waals surface area contributed by atoms with E-state index in [-0.39, 0.29) is 24.8 Å². The lowest BCUT2D eigenvalue weighted by molar-refractivity contribution is -0.142. The summed E-state index contributed by atoms with van der Waals surface area (Å²) in [6, 6.07) is 8.26. The van der Waals surface area contributed by atoms with Gasteiger partial charge in [-0.15, -0.1) is 0 Å². The van der Waals surface area contributed by atoms with Crippen molar-refractivity contribution in [3.8, 4) is 0 Å². The lowest BCUT2D eigenvalue weighted by Crippen LogP contribution is -2.38. The number of pyridine rings is 1. The van der Waals surface area contributed by atoms with E-state index in [0.29, 0.717) is 29.3 Å². The number of imidazole rings is 1. The summed E-state index contributed by atoms with van der Waals surface area (Å²) in [5.74, 6) is -0.321. The first-order chi connectivity index (χ1) is 15.3. The highest BCUT2D eigenvalue weighted by molar-refractivity contribution is 5.95. The molecule has 0 saturated heterocycles. The maximum Gasteiger partial charge on any atom is 0.308 e. The van der Waals surface area contributed by atoms with Crippen molar-refractivity contribution >= 4 is 34.6 Å². The second kappa shape index (κ2) is 8.66. The Morgan fingerprint density at radius 3 is 2.81 bits per heavy atom. The van der Waals surface area contributed by atoms with Gasteiger partial charge in [0.1, 0.15) is 11.9 Å². The van der Waals surface area contributed by atoms with Gasteiger partial charge in [-0.3, -0.25) is 14.4 Å². The van der Waals surface area contributed by atoms with Crippen molar-refractivity contribution in [2.24, 2.45) is 0 Å². The average molecular weight is 436 g/mol. The van der Waals surface area contributed by atoms with Gasteiger partial charge in [-0.2, -0.15) is 0 Å². The highest BCUT2D eigenvalue weighted by atomic mass is 16.5. The van der Waals surface area contributed by atoms with Crippen molar-refractivity contribution < 1.29 is 19.1 Å². The van der Waals surface area contributed by atoms with E-state index in [1.54, 1.807) is 30.1 Å². The molecule has 2 amide bonds. The largest absolute Gasteiger partial charge is 0.469 e. The highest BCUT2D eigenvalue weighted by Gasteiger charge is 2.26. The zero-order valence-electron chi connectivity index (χ0n) is 18.1. The first-order valence-electron chi connectivity index (χ1n) is 10.2. The maximum atomic E-state index is 13.0. The van der Waals surface area contributed by atoms with Gasteiger partial charge in [0.2, 0.25) is 5.91 Å². The van der Waals surface area contributed by atoms with Crippen molar-refractivity contribution in [3.05, 3.63) is 53.0 Å². The molecular formula is C22H24N6O4. The van der Waals surface area contributed by atoms with Crippen molar-refractivity contribution in [1.29, 1.82) is 0 Å². The third kappa shape index (κ3) is 4.39. The molecule has 0 saturated carbocycles. The second-order valence-electron chi connectivity index (χ2n) is 7.74. The van der Waals surface area contributed by atoms with Gasteiger partial charge in [-0.1, -0.05) is 0 Å². The number of esters is 1. The van der Waals surface area contributed by atoms with E-state index in [1.165, 1.54) is 7.11 Å². The molecule has 1 aliphatic rings. The van der Waals surface area contributed by atoms with Crippen molar-refractivity contribution in [1.82, 2.24) is 25.2 Å². The molecule has 10 nitrogen and oxygen atoms in total. The molecule has 3 aromatic rings. The van der Waals surface area contributed by atoms with Gasteiger partial charge in [0.05, 0.1) is 25.6 Å². The van der Waals surface area contributed by atoms with Crippen LogP contribution in [0.15, 0.2) is 30.3 Å². The zero-order valence-corrected chi connectivity index (χ0v) is 18.1. The van der Waals surface area contributed by atoms with Crippen LogP contribution in [0, 0.1) is 6.92 Å². The predicted octanol–water partition coefficient (Wildman–Crippen LogP) is 1.51. The van der Waals surface area contributed by atoms with Crippen LogP contribution in [0.1, 0.15) is 33.9 Å². The summed E-state index contributed by atoms with van der Waals surface area (Å²) in [5.41, 5.74) is 4.25. The van der Waals surface area contributed by atoms with E-state index >= 15 is 0 Å². The number of aromatic nitrogens is 3. The summed E-state index contributed by atoms with van der Waals surface area (Å²) in [6.45, 7) is 2.44. The Morgan fingerprint density at radius 2 is 2.03 bits per heavy atom. The molecule has 0 radical (unpaired) electrons. The Bertz CT molecular complexity index is 1200. The van der Waals surface area contributed by atoms with Gasteiger partial charge in [-0.25, -0.2) is 9.97 Å². The van der Waals surface area contributed by atoms with Gasteiger partial charge >= 0.3 is 5.97 Å². The summed E-state index contributed by atoms with van der Waals surface area (Å²) in [5, 5.41) is 5.85. The summed E-state index contributed by atoms with van der Waals surface area (Å²) in [4.78, 5) is 50.5. The number of nitrogens with zero attached hydrogens (tertiary/aromatic N) is 3. The van der Waals surface area contributed by atoms with Crippen LogP contribution in [0.4, 0.5) is 5.69 Å². The fraction of sp³-hybridized carbons (Fsp3) is 0.318. The number of nitrogens with one attached hydrogen (secondary N) is 3. The quantitative estimate of drug-likeness (QED) is 0.517. The molecule has 2 aromatic heterocycles. The SMILES string of the molecule is COC(=O)C[C@@H]1Nc2ccc(C(=O)N(C)Cc3nc4nc(C)ccc4[nH]3)cc2CNC1=O. The molecule has 0 fully saturated rings. The van der Waals surface area contributed by atoms with Crippen LogP contribution in [-0.2, 0) is 27.4 Å². The molecule has 1 aromatic carbocycles. The zero-order chi connectivity index (χ0) is 22.8. The first-order valence-corrected chi connectivity index (χ1v) is 10.2. The molecule has 1 aliphatic heterocycles. The lowest BCUT2D eigenvalue weighted by Gasteiger charge is -2.18. The van der Waals surface area contributed by atoms with Crippen molar-refractivity contribution in [3.63, 3.8) is 0 Å². The number of benzene rings is 1. The second-order valence-corrected chi connectivity index (χ2v) is 7.74. The smallest absolute Gasteiger partial charge is 0.308 e. The molecule has 32 heavy (non-hydrogen) atoms. The number of aromatic amines is 1. The number of amides is 2. The summed E-state index contributed by atoms with van der Waals surface area (Å²) >= 11 is 0. The lowest BCUT2D eigenvalue weighted by atomic mass is 10.1. The normalized spacial score (nSPS) is 15.3. The van der Waals surface area contributed by atoms with Crippen molar-refractivity contribution in [2.75, 3.05) is 19.5 Å². The number of ether oxygens (including phenoxy) is 1. The monoisotopic (exact) mass is 436 g/mol. The van der Waals surface area contributed by atoms with Gasteiger partial charge in [0, 0.05) is 30.5 Å². The molecule has 1 atom stereocenters. The Kier molecular flexibility index (Phi) is 5.76. The van der Waals surface area contributed by atoms with E-state index in [9.17, 15) is 14.4 Å². The van der Waals surface area contributed by atoms with E-state index in [4.69, 9.17) is 0 Å². The average Bonchev–Trinajstić information content (AvgIpc) is 3.10. The fourth-order valence-corrected chi connectivity index (χ4v) is 3.60. The number of carbonyl (C=O) groups is 3. The van der Waals surface area contributed by atoms with Crippen LogP contribution < -0.4 is 10.6 Å². The van der Waals surface area contributed by atoms with E-state index in [1.807, 2.05) is 19.1 Å². The van der Waals surface area contributed by atoms with Crippen LogP contribution in [0.3, 0.4) is 0 Å². The van der Waals surface area contributed by atoms with Gasteiger partial charge in [0.15, 0.2) is 5.65 Å². The summed E-state index contributed by atoms with van der Waals surface area (Å²) < 4.78 is 4.66. The van der Waals surface area contributed by atoms with E-state index in [2.05, 4.69) is 30.3 Å². The number of H-pyrrole nitrogens is 1. The number of hydrogen-bond donors (Lipinski definition) is 3. The number of aryl methyl sites for hydroxylation is 1. The minimum atomic E-state index is -0.738. The highest BCUT2D eigenvalue weighted by Crippen LogP contribution is 2.23. The maximum absolute atomic E-state index is 13.0. The number of methoxy groups -OCH3 is 1. The topological polar surface area (TPSA) is 129 Å². The van der Waals surface area contributed by atoms with Gasteiger partial charge in [0.25, 0.3) is 5.91 Å². The minimum Gasteiger partial charge on any atom is -0.469 e. The Hall–Kier alpha value is -3.95. The molecular weight excluding hydrogens is 412 g/mol. The Labute approximate surface area is 184 Å². The fourth-order valence-electron chi connectivity index (χ4n) is 3.60. The molecule has 0 aliphatic carbocycles. The van der Waals surface area contributed by atoms with Crippen LogP contribution >= 0.6 is 0 Å². The molecule has 3 heterocycles. The minimum absolute atomic E-state index is 0.0862. The van der Waals surface area contributed by atoms with Crippen LogP contribution in [-0.4, -0.2) is 57.8 Å². The number of carbonyl (C=O) groups excluding carboxylic acids is 3. The molecule has 0 spiro atoms. The molecule has 3 N–H and O–H groups in total. The third-order valence-corrected chi connectivity index (χ3v) is 5.32. The first kappa shape index (κ1) is 21.3. The van der Waals surface area contributed by atoms with Crippen molar-refractivity contribution in [2.45, 2.75) is 32.5 Å². The Balaban J connectivity index is 1.49. The number of anilines is 1. The molecule has 10 heteroatoms. The molecule has 4 rings (SSSR count). The molecule has 166 valence electrons. The Morgan fingerprint density at radius 1 is 1.22 bits per heavy atom. The van der Waals surface area contributed by atoms with E-state index < -0.39 is 12.0 Å². The number of hydrogen-bond acceptors (Lipinski definition) is 7. The van der Waals surface area contributed by atoms with Gasteiger partial charge < -0.3 is 25.3 Å².